The third kappa shape index (κ3) is 2.36. The fraction of sp³-hybridized carbons (Fsp3) is 0.600. The lowest BCUT2D eigenvalue weighted by Crippen LogP contribution is -2.38. The number of hydrogen-bond acceptors (Lipinski definition) is 3. The fourth-order valence-corrected chi connectivity index (χ4v) is 1.91. The number of likely N-dealkylation sites (N-methyl/N-ethyl adjacent to an activating group) is 1. The summed E-state index contributed by atoms with van der Waals surface area (Å²) in [6.45, 7) is 1.83. The van der Waals surface area contributed by atoms with Crippen molar-refractivity contribution in [1.82, 2.24) is 20.4 Å². The van der Waals surface area contributed by atoms with E-state index in [1.807, 2.05) is 7.05 Å². The van der Waals surface area contributed by atoms with Crippen LogP contribution in [0.2, 0.25) is 0 Å². The lowest BCUT2D eigenvalue weighted by molar-refractivity contribution is 0.0778. The molecule has 5 heteroatoms. The van der Waals surface area contributed by atoms with Crippen molar-refractivity contribution in [2.24, 2.45) is 0 Å². The number of carbonyl (C=O) groups excluding carboxylic acids is 1. The molecule has 1 aliphatic rings. The standard InChI is InChI=1S/C10H16N4O/c1-14(7-8-3-2-5-11-8)10(15)9-4-6-12-13-9/h4,6,8,11H,2-3,5,7H2,1H3,(H,12,13). The van der Waals surface area contributed by atoms with Crippen molar-refractivity contribution >= 4 is 5.91 Å². The molecule has 0 saturated carbocycles. The van der Waals surface area contributed by atoms with Gasteiger partial charge in [0.15, 0.2) is 0 Å². The van der Waals surface area contributed by atoms with Gasteiger partial charge >= 0.3 is 0 Å². The van der Waals surface area contributed by atoms with Gasteiger partial charge in [0.2, 0.25) is 0 Å². The van der Waals surface area contributed by atoms with E-state index in [1.165, 1.54) is 6.42 Å². The molecule has 1 aliphatic heterocycles. The Hall–Kier alpha value is -1.36. The number of carbonyl (C=O) groups is 1. The molecule has 1 saturated heterocycles. The second-order valence-electron chi connectivity index (χ2n) is 3.95. The maximum absolute atomic E-state index is 11.8. The first-order valence-corrected chi connectivity index (χ1v) is 5.25. The maximum atomic E-state index is 11.8. The quantitative estimate of drug-likeness (QED) is 0.747. The molecule has 0 spiro atoms. The van der Waals surface area contributed by atoms with Gasteiger partial charge in [0, 0.05) is 25.8 Å². The normalized spacial score (nSPS) is 20.5. The van der Waals surface area contributed by atoms with Gasteiger partial charge in [0.05, 0.1) is 0 Å². The van der Waals surface area contributed by atoms with Gasteiger partial charge in [-0.25, -0.2) is 0 Å². The van der Waals surface area contributed by atoms with Crippen molar-refractivity contribution in [1.29, 1.82) is 0 Å². The summed E-state index contributed by atoms with van der Waals surface area (Å²) in [5, 5.41) is 9.82. The first kappa shape index (κ1) is 10.2. The summed E-state index contributed by atoms with van der Waals surface area (Å²) in [6, 6.07) is 2.14. The zero-order valence-electron chi connectivity index (χ0n) is 8.86. The molecule has 2 rings (SSSR count). The third-order valence-electron chi connectivity index (χ3n) is 2.73. The Morgan fingerprint density at radius 1 is 1.73 bits per heavy atom. The van der Waals surface area contributed by atoms with Gasteiger partial charge in [-0.3, -0.25) is 9.89 Å². The highest BCUT2D eigenvalue weighted by atomic mass is 16.2. The zero-order valence-corrected chi connectivity index (χ0v) is 8.86. The van der Waals surface area contributed by atoms with Crippen LogP contribution in [-0.2, 0) is 0 Å². The van der Waals surface area contributed by atoms with E-state index in [4.69, 9.17) is 0 Å². The van der Waals surface area contributed by atoms with E-state index < -0.39 is 0 Å². The molecule has 0 aliphatic carbocycles. The lowest BCUT2D eigenvalue weighted by Gasteiger charge is -2.20. The summed E-state index contributed by atoms with van der Waals surface area (Å²) in [4.78, 5) is 13.6. The number of aromatic nitrogens is 2. The van der Waals surface area contributed by atoms with Gasteiger partial charge in [-0.05, 0) is 25.5 Å². The van der Waals surface area contributed by atoms with E-state index in [-0.39, 0.29) is 5.91 Å². The molecule has 82 valence electrons. The van der Waals surface area contributed by atoms with E-state index in [1.54, 1.807) is 17.2 Å². The van der Waals surface area contributed by atoms with Crippen LogP contribution >= 0.6 is 0 Å². The SMILES string of the molecule is CN(CC1CCCN1)C(=O)c1ccn[nH]1. The lowest BCUT2D eigenvalue weighted by atomic mass is 10.2. The second-order valence-corrected chi connectivity index (χ2v) is 3.95. The van der Waals surface area contributed by atoms with Gasteiger partial charge in [0.1, 0.15) is 5.69 Å². The van der Waals surface area contributed by atoms with Crippen LogP contribution in [0.25, 0.3) is 0 Å². The van der Waals surface area contributed by atoms with Crippen molar-refractivity contribution in [2.75, 3.05) is 20.1 Å². The largest absolute Gasteiger partial charge is 0.339 e. The van der Waals surface area contributed by atoms with E-state index in [9.17, 15) is 4.79 Å². The highest BCUT2D eigenvalue weighted by molar-refractivity contribution is 5.91. The Labute approximate surface area is 88.8 Å². The number of H-pyrrole nitrogens is 1. The van der Waals surface area contributed by atoms with Crippen molar-refractivity contribution in [3.8, 4) is 0 Å². The van der Waals surface area contributed by atoms with Crippen LogP contribution in [0, 0.1) is 0 Å². The third-order valence-corrected chi connectivity index (χ3v) is 2.73. The van der Waals surface area contributed by atoms with Gasteiger partial charge in [-0.2, -0.15) is 5.10 Å². The Kier molecular flexibility index (Phi) is 3.01. The second kappa shape index (κ2) is 4.44. The summed E-state index contributed by atoms with van der Waals surface area (Å²) in [5.74, 6) is 0.00111. The highest BCUT2D eigenvalue weighted by Crippen LogP contribution is 2.07. The number of nitrogens with one attached hydrogen (secondary N) is 2. The maximum Gasteiger partial charge on any atom is 0.271 e. The van der Waals surface area contributed by atoms with Crippen LogP contribution in [-0.4, -0.2) is 47.2 Å². The van der Waals surface area contributed by atoms with Crippen molar-refractivity contribution in [2.45, 2.75) is 18.9 Å². The molecule has 1 aromatic heterocycles. The zero-order chi connectivity index (χ0) is 10.7. The van der Waals surface area contributed by atoms with E-state index in [0.717, 1.165) is 19.5 Å². The molecule has 1 aromatic rings. The summed E-state index contributed by atoms with van der Waals surface area (Å²) in [6.07, 6.45) is 3.95. The minimum atomic E-state index is 0.00111. The molecule has 1 amide bonds. The first-order chi connectivity index (χ1) is 7.27. The average Bonchev–Trinajstić information content (AvgIpc) is 2.88. The highest BCUT2D eigenvalue weighted by Gasteiger charge is 2.19. The number of hydrogen-bond donors (Lipinski definition) is 2. The van der Waals surface area contributed by atoms with Crippen LogP contribution in [0.4, 0.5) is 0 Å². The molecule has 0 bridgehead atoms. The van der Waals surface area contributed by atoms with E-state index in [2.05, 4.69) is 15.5 Å². The van der Waals surface area contributed by atoms with Crippen LogP contribution < -0.4 is 5.32 Å². The molecular formula is C10H16N4O. The number of aromatic amines is 1. The molecule has 2 N–H and O–H groups in total. The van der Waals surface area contributed by atoms with Crippen LogP contribution in [0.15, 0.2) is 12.3 Å². The molecule has 2 heterocycles. The monoisotopic (exact) mass is 208 g/mol. The summed E-state index contributed by atoms with van der Waals surface area (Å²) in [7, 11) is 1.82. The van der Waals surface area contributed by atoms with Crippen LogP contribution in [0.1, 0.15) is 23.3 Å². The molecular weight excluding hydrogens is 192 g/mol. The Morgan fingerprint density at radius 2 is 2.60 bits per heavy atom. The Morgan fingerprint density at radius 3 is 3.20 bits per heavy atom. The Bertz CT molecular complexity index is 316. The molecule has 1 unspecified atom stereocenters. The molecule has 1 atom stereocenters. The van der Waals surface area contributed by atoms with Gasteiger partial charge in [-0.1, -0.05) is 0 Å². The first-order valence-electron chi connectivity index (χ1n) is 5.25. The van der Waals surface area contributed by atoms with Crippen LogP contribution in [0.5, 0.6) is 0 Å². The van der Waals surface area contributed by atoms with Gasteiger partial charge < -0.3 is 10.2 Å². The molecule has 0 aromatic carbocycles. The average molecular weight is 208 g/mol. The molecule has 15 heavy (non-hydrogen) atoms. The van der Waals surface area contributed by atoms with Crippen molar-refractivity contribution in [3.63, 3.8) is 0 Å². The number of rotatable bonds is 3. The minimum Gasteiger partial charge on any atom is -0.339 e. The summed E-state index contributed by atoms with van der Waals surface area (Å²) in [5.41, 5.74) is 0.551. The predicted molar refractivity (Wildman–Crippen MR) is 56.6 cm³/mol. The van der Waals surface area contributed by atoms with E-state index in [0.29, 0.717) is 11.7 Å². The minimum absolute atomic E-state index is 0.00111. The fourth-order valence-electron chi connectivity index (χ4n) is 1.91. The van der Waals surface area contributed by atoms with Crippen LogP contribution in [0.3, 0.4) is 0 Å². The smallest absolute Gasteiger partial charge is 0.271 e. The summed E-state index contributed by atoms with van der Waals surface area (Å²) >= 11 is 0. The van der Waals surface area contributed by atoms with Gasteiger partial charge in [0.25, 0.3) is 5.91 Å². The molecule has 5 nitrogen and oxygen atoms in total. The summed E-state index contributed by atoms with van der Waals surface area (Å²) < 4.78 is 0. The topological polar surface area (TPSA) is 61.0 Å². The predicted octanol–water partition coefficient (Wildman–Crippen LogP) is 0.234. The number of nitrogens with zero attached hydrogens (tertiary/aromatic N) is 2. The molecule has 1 fully saturated rings. The molecule has 0 radical (unpaired) electrons. The van der Waals surface area contributed by atoms with Gasteiger partial charge in [-0.15, -0.1) is 0 Å². The van der Waals surface area contributed by atoms with Crippen molar-refractivity contribution in [3.05, 3.63) is 18.0 Å². The van der Waals surface area contributed by atoms with E-state index >= 15 is 0 Å². The Balaban J connectivity index is 1.90. The number of amides is 1. The van der Waals surface area contributed by atoms with Crippen molar-refractivity contribution < 1.29 is 4.79 Å².